The van der Waals surface area contributed by atoms with Crippen molar-refractivity contribution < 1.29 is 9.84 Å². The van der Waals surface area contributed by atoms with Crippen LogP contribution in [-0.4, -0.2) is 46.4 Å². The summed E-state index contributed by atoms with van der Waals surface area (Å²) < 4.78 is 5.15. The Labute approximate surface area is 99.3 Å². The van der Waals surface area contributed by atoms with Gasteiger partial charge in [-0.25, -0.2) is 0 Å². The van der Waals surface area contributed by atoms with Gasteiger partial charge in [0, 0.05) is 13.6 Å². The summed E-state index contributed by atoms with van der Waals surface area (Å²) in [6.07, 6.45) is -0.476. The van der Waals surface area contributed by atoms with Gasteiger partial charge in [-0.05, 0) is 25.4 Å². The Kier molecular flexibility index (Phi) is 4.70. The normalized spacial score (nSPS) is 12.3. The van der Waals surface area contributed by atoms with Gasteiger partial charge in [-0.1, -0.05) is 0 Å². The van der Waals surface area contributed by atoms with Crippen molar-refractivity contribution in [1.82, 2.24) is 15.0 Å². The average molecular weight is 247 g/mol. The zero-order chi connectivity index (χ0) is 12.1. The number of hydrogen-bond donors (Lipinski definition) is 1. The van der Waals surface area contributed by atoms with Gasteiger partial charge in [-0.3, -0.25) is 0 Å². The molecule has 0 spiro atoms. The van der Waals surface area contributed by atoms with Crippen LogP contribution < -0.4 is 9.64 Å². The van der Waals surface area contributed by atoms with Crippen LogP contribution in [0.1, 0.15) is 13.8 Å². The second-order valence-corrected chi connectivity index (χ2v) is 3.69. The average Bonchev–Trinajstić information content (AvgIpc) is 2.16. The van der Waals surface area contributed by atoms with Crippen molar-refractivity contribution in [2.75, 3.05) is 25.1 Å². The Morgan fingerprint density at radius 2 is 2.12 bits per heavy atom. The fourth-order valence-corrected chi connectivity index (χ4v) is 1.31. The quantitative estimate of drug-likeness (QED) is 0.826. The molecular formula is C9H15ClN4O2. The minimum Gasteiger partial charge on any atom is -0.464 e. The molecule has 1 rings (SSSR count). The van der Waals surface area contributed by atoms with Crippen molar-refractivity contribution in [1.29, 1.82) is 0 Å². The molecule has 1 heterocycles. The summed E-state index contributed by atoms with van der Waals surface area (Å²) in [5.41, 5.74) is 0. The number of hydrogen-bond acceptors (Lipinski definition) is 6. The van der Waals surface area contributed by atoms with E-state index in [0.717, 1.165) is 0 Å². The first-order valence-corrected chi connectivity index (χ1v) is 5.34. The molecule has 90 valence electrons. The molecule has 1 aromatic heterocycles. The van der Waals surface area contributed by atoms with Gasteiger partial charge in [-0.2, -0.15) is 15.0 Å². The molecule has 1 aromatic rings. The van der Waals surface area contributed by atoms with E-state index < -0.39 is 6.10 Å². The molecule has 7 heteroatoms. The lowest BCUT2D eigenvalue weighted by molar-refractivity contribution is 0.201. The Morgan fingerprint density at radius 3 is 2.69 bits per heavy atom. The van der Waals surface area contributed by atoms with Gasteiger partial charge in [0.1, 0.15) is 0 Å². The minimum absolute atomic E-state index is 0.0749. The van der Waals surface area contributed by atoms with E-state index in [4.69, 9.17) is 16.3 Å². The van der Waals surface area contributed by atoms with Crippen LogP contribution in [0.25, 0.3) is 0 Å². The van der Waals surface area contributed by atoms with E-state index in [9.17, 15) is 5.11 Å². The van der Waals surface area contributed by atoms with Crippen LogP contribution in [0.2, 0.25) is 5.28 Å². The number of ether oxygens (including phenoxy) is 1. The summed E-state index contributed by atoms with van der Waals surface area (Å²) in [6.45, 7) is 4.38. The highest BCUT2D eigenvalue weighted by Gasteiger charge is 2.11. The van der Waals surface area contributed by atoms with Crippen molar-refractivity contribution in [3.05, 3.63) is 5.28 Å². The topological polar surface area (TPSA) is 71.4 Å². The highest BCUT2D eigenvalue weighted by atomic mass is 35.5. The molecule has 0 aliphatic rings. The number of likely N-dealkylation sites (N-methyl/N-ethyl adjacent to an activating group) is 1. The molecule has 0 radical (unpaired) electrons. The number of aromatic nitrogens is 3. The van der Waals surface area contributed by atoms with Crippen molar-refractivity contribution in [3.8, 4) is 6.01 Å². The highest BCUT2D eigenvalue weighted by molar-refractivity contribution is 6.28. The molecule has 1 atom stereocenters. The van der Waals surface area contributed by atoms with E-state index in [2.05, 4.69) is 15.0 Å². The van der Waals surface area contributed by atoms with Gasteiger partial charge in [0.05, 0.1) is 12.7 Å². The Balaban J connectivity index is 2.86. The van der Waals surface area contributed by atoms with Crippen LogP contribution in [0.4, 0.5) is 5.95 Å². The fraction of sp³-hybridized carbons (Fsp3) is 0.667. The maximum atomic E-state index is 9.25. The third kappa shape index (κ3) is 3.79. The molecule has 0 fully saturated rings. The summed E-state index contributed by atoms with van der Waals surface area (Å²) in [5.74, 6) is 0.379. The Morgan fingerprint density at radius 1 is 1.44 bits per heavy atom. The van der Waals surface area contributed by atoms with Gasteiger partial charge < -0.3 is 14.7 Å². The van der Waals surface area contributed by atoms with Crippen molar-refractivity contribution in [2.24, 2.45) is 0 Å². The monoisotopic (exact) mass is 246 g/mol. The van der Waals surface area contributed by atoms with Gasteiger partial charge in [-0.15, -0.1) is 0 Å². The highest BCUT2D eigenvalue weighted by Crippen LogP contribution is 2.14. The number of rotatable bonds is 5. The SMILES string of the molecule is CCOc1nc(Cl)nc(N(C)CC(C)O)n1. The number of nitrogens with zero attached hydrogens (tertiary/aromatic N) is 4. The number of anilines is 1. The molecule has 0 saturated carbocycles. The van der Waals surface area contributed by atoms with Crippen LogP contribution in [0.3, 0.4) is 0 Å². The van der Waals surface area contributed by atoms with E-state index >= 15 is 0 Å². The van der Waals surface area contributed by atoms with Gasteiger partial charge in [0.25, 0.3) is 0 Å². The first kappa shape index (κ1) is 12.9. The molecule has 0 bridgehead atoms. The molecule has 0 aromatic carbocycles. The lowest BCUT2D eigenvalue weighted by Crippen LogP contribution is -2.28. The zero-order valence-electron chi connectivity index (χ0n) is 9.51. The predicted octanol–water partition coefficient (Wildman–Crippen LogP) is 0.741. The second kappa shape index (κ2) is 5.81. The van der Waals surface area contributed by atoms with Crippen molar-refractivity contribution in [3.63, 3.8) is 0 Å². The Bertz CT molecular complexity index is 348. The van der Waals surface area contributed by atoms with Crippen LogP contribution >= 0.6 is 11.6 Å². The smallest absolute Gasteiger partial charge is 0.322 e. The Hall–Kier alpha value is -1.14. The molecule has 0 aliphatic carbocycles. The third-order valence-electron chi connectivity index (χ3n) is 1.73. The van der Waals surface area contributed by atoms with Crippen molar-refractivity contribution >= 4 is 17.5 Å². The molecule has 0 saturated heterocycles. The molecule has 6 nitrogen and oxygen atoms in total. The predicted molar refractivity (Wildman–Crippen MR) is 61.0 cm³/mol. The van der Waals surface area contributed by atoms with Gasteiger partial charge in [0.2, 0.25) is 11.2 Å². The molecule has 16 heavy (non-hydrogen) atoms. The van der Waals surface area contributed by atoms with Crippen molar-refractivity contribution in [2.45, 2.75) is 20.0 Å². The molecule has 0 aliphatic heterocycles. The third-order valence-corrected chi connectivity index (χ3v) is 1.90. The van der Waals surface area contributed by atoms with E-state index in [-0.39, 0.29) is 11.3 Å². The number of halogens is 1. The number of aliphatic hydroxyl groups excluding tert-OH is 1. The lowest BCUT2D eigenvalue weighted by atomic mass is 10.4. The standard InChI is InChI=1S/C9H15ClN4O2/c1-4-16-9-12-7(10)11-8(13-9)14(3)5-6(2)15/h6,15H,4-5H2,1-3H3. The molecule has 1 N–H and O–H groups in total. The van der Waals surface area contributed by atoms with E-state index in [1.807, 2.05) is 6.92 Å². The molecule has 1 unspecified atom stereocenters. The molecule has 0 amide bonds. The summed E-state index contributed by atoms with van der Waals surface area (Å²) in [4.78, 5) is 13.5. The van der Waals surface area contributed by atoms with Crippen LogP contribution in [-0.2, 0) is 0 Å². The van der Waals surface area contributed by atoms with E-state index in [1.54, 1.807) is 18.9 Å². The van der Waals surface area contributed by atoms with Gasteiger partial charge >= 0.3 is 6.01 Å². The second-order valence-electron chi connectivity index (χ2n) is 3.35. The van der Waals surface area contributed by atoms with E-state index in [1.165, 1.54) is 0 Å². The first-order chi connectivity index (χ1) is 7.52. The summed E-state index contributed by atoms with van der Waals surface area (Å²) in [6, 6.07) is 0.190. The van der Waals surface area contributed by atoms with Crippen LogP contribution in [0, 0.1) is 0 Å². The van der Waals surface area contributed by atoms with E-state index in [0.29, 0.717) is 19.1 Å². The summed E-state index contributed by atoms with van der Waals surface area (Å²) in [7, 11) is 1.76. The van der Waals surface area contributed by atoms with Gasteiger partial charge in [0.15, 0.2) is 0 Å². The minimum atomic E-state index is -0.476. The zero-order valence-corrected chi connectivity index (χ0v) is 10.3. The van der Waals surface area contributed by atoms with Crippen LogP contribution in [0.15, 0.2) is 0 Å². The maximum absolute atomic E-state index is 9.25. The fourth-order valence-electron chi connectivity index (χ4n) is 1.16. The summed E-state index contributed by atoms with van der Waals surface area (Å²) in [5, 5.41) is 9.32. The largest absolute Gasteiger partial charge is 0.464 e. The lowest BCUT2D eigenvalue weighted by Gasteiger charge is -2.18. The summed E-state index contributed by atoms with van der Waals surface area (Å²) >= 11 is 5.73. The molecular weight excluding hydrogens is 232 g/mol. The number of aliphatic hydroxyl groups is 1. The maximum Gasteiger partial charge on any atom is 0.322 e. The van der Waals surface area contributed by atoms with Crippen LogP contribution in [0.5, 0.6) is 6.01 Å². The first-order valence-electron chi connectivity index (χ1n) is 4.96.